The Hall–Kier alpha value is -0.0551. The normalized spacial score (nSPS) is 36.6. The number of aliphatic hydroxyl groups is 1. The van der Waals surface area contributed by atoms with Gasteiger partial charge in [0.15, 0.2) is 0 Å². The van der Waals surface area contributed by atoms with Gasteiger partial charge in [-0.3, -0.25) is 0 Å². The van der Waals surface area contributed by atoms with E-state index in [1.165, 1.54) is 0 Å². The summed E-state index contributed by atoms with van der Waals surface area (Å²) in [7, 11) is 1.90. The van der Waals surface area contributed by atoms with E-state index in [1.54, 1.807) is 0 Å². The van der Waals surface area contributed by atoms with Crippen LogP contribution in [0.5, 0.6) is 0 Å². The van der Waals surface area contributed by atoms with E-state index in [4.69, 9.17) is 9.84 Å². The smallest absolute Gasteiger partial charge is 0.148 e. The molecule has 1 rings (SSSR count). The van der Waals surface area contributed by atoms with Crippen molar-refractivity contribution in [1.82, 2.24) is 5.32 Å². The van der Waals surface area contributed by atoms with E-state index >= 15 is 0 Å². The lowest BCUT2D eigenvalue weighted by Gasteiger charge is -2.32. The molecular formula is C5H12BNO2. The Morgan fingerprint density at radius 2 is 2.56 bits per heavy atom. The highest BCUT2D eigenvalue weighted by Crippen LogP contribution is 2.05. The van der Waals surface area contributed by atoms with Crippen molar-refractivity contribution in [2.24, 2.45) is 0 Å². The molecule has 3 nitrogen and oxygen atoms in total. The fourth-order valence-electron chi connectivity index (χ4n) is 0.875. The SMILES string of the molecule is BC1(CO)CNCCO1. The molecule has 1 heterocycles. The van der Waals surface area contributed by atoms with Gasteiger partial charge < -0.3 is 15.2 Å². The van der Waals surface area contributed by atoms with E-state index in [1.807, 2.05) is 7.85 Å². The molecule has 1 atom stereocenters. The van der Waals surface area contributed by atoms with Gasteiger partial charge in [-0.15, -0.1) is 0 Å². The van der Waals surface area contributed by atoms with E-state index in [0.29, 0.717) is 6.61 Å². The van der Waals surface area contributed by atoms with Crippen molar-refractivity contribution in [2.75, 3.05) is 26.3 Å². The Labute approximate surface area is 55.8 Å². The average molecular weight is 129 g/mol. The summed E-state index contributed by atoms with van der Waals surface area (Å²) in [4.78, 5) is 0. The predicted molar refractivity (Wildman–Crippen MR) is 37.2 cm³/mol. The molecule has 0 spiro atoms. The minimum Gasteiger partial charge on any atom is -0.394 e. The van der Waals surface area contributed by atoms with Crippen molar-refractivity contribution in [2.45, 2.75) is 5.50 Å². The quantitative estimate of drug-likeness (QED) is 0.399. The summed E-state index contributed by atoms with van der Waals surface area (Å²) in [6.45, 7) is 2.45. The van der Waals surface area contributed by atoms with Crippen molar-refractivity contribution in [3.8, 4) is 0 Å². The van der Waals surface area contributed by atoms with Gasteiger partial charge in [0.25, 0.3) is 0 Å². The van der Waals surface area contributed by atoms with Crippen LogP contribution in [0.2, 0.25) is 0 Å². The molecule has 52 valence electrons. The van der Waals surface area contributed by atoms with E-state index < -0.39 is 0 Å². The van der Waals surface area contributed by atoms with E-state index in [-0.39, 0.29) is 12.1 Å². The second-order valence-electron chi connectivity index (χ2n) is 2.63. The second kappa shape index (κ2) is 2.69. The Morgan fingerprint density at radius 3 is 2.89 bits per heavy atom. The van der Waals surface area contributed by atoms with Gasteiger partial charge in [-0.05, 0) is 0 Å². The van der Waals surface area contributed by atoms with Gasteiger partial charge in [0, 0.05) is 13.1 Å². The van der Waals surface area contributed by atoms with Crippen LogP contribution in [-0.4, -0.2) is 44.8 Å². The largest absolute Gasteiger partial charge is 0.394 e. The average Bonchev–Trinajstić information content (AvgIpc) is 1.90. The standard InChI is InChI=1S/C5H12BNO2/c6-5(4-8)3-7-1-2-9-5/h7-8H,1-4,6H2. The summed E-state index contributed by atoms with van der Waals surface area (Å²) in [6, 6.07) is 0. The zero-order valence-electron chi connectivity index (χ0n) is 5.68. The van der Waals surface area contributed by atoms with Crippen molar-refractivity contribution in [3.05, 3.63) is 0 Å². The lowest BCUT2D eigenvalue weighted by atomic mass is 9.81. The molecule has 0 aromatic rings. The highest BCUT2D eigenvalue weighted by atomic mass is 16.5. The maximum atomic E-state index is 8.79. The van der Waals surface area contributed by atoms with Gasteiger partial charge in [0.2, 0.25) is 0 Å². The third kappa shape index (κ3) is 1.68. The molecular weight excluding hydrogens is 117 g/mol. The molecule has 2 N–H and O–H groups in total. The molecule has 1 aliphatic heterocycles. The van der Waals surface area contributed by atoms with Gasteiger partial charge in [-0.1, -0.05) is 0 Å². The first-order valence-corrected chi connectivity index (χ1v) is 3.22. The first kappa shape index (κ1) is 7.06. The molecule has 9 heavy (non-hydrogen) atoms. The molecule has 1 aliphatic rings. The van der Waals surface area contributed by atoms with E-state index in [0.717, 1.165) is 13.1 Å². The molecule has 0 aliphatic carbocycles. The van der Waals surface area contributed by atoms with Crippen molar-refractivity contribution >= 4 is 7.85 Å². The first-order chi connectivity index (χ1) is 4.27. The summed E-state index contributed by atoms with van der Waals surface area (Å²) < 4.78 is 5.30. The van der Waals surface area contributed by atoms with Crippen LogP contribution in [-0.2, 0) is 4.74 Å². The number of ether oxygens (including phenoxy) is 1. The molecule has 0 aromatic carbocycles. The number of hydrogen-bond acceptors (Lipinski definition) is 3. The van der Waals surface area contributed by atoms with E-state index in [9.17, 15) is 0 Å². The highest BCUT2D eigenvalue weighted by molar-refractivity contribution is 6.14. The van der Waals surface area contributed by atoms with Crippen LogP contribution >= 0.6 is 0 Å². The molecule has 1 fully saturated rings. The number of aliphatic hydroxyl groups excluding tert-OH is 1. The Kier molecular flexibility index (Phi) is 2.11. The monoisotopic (exact) mass is 129 g/mol. The maximum absolute atomic E-state index is 8.79. The van der Waals surface area contributed by atoms with Gasteiger partial charge in [0.05, 0.1) is 18.7 Å². The molecule has 0 amide bonds. The van der Waals surface area contributed by atoms with Crippen LogP contribution in [0.4, 0.5) is 0 Å². The molecule has 4 heteroatoms. The zero-order chi connectivity index (χ0) is 6.74. The summed E-state index contributed by atoms with van der Waals surface area (Å²) in [5.41, 5.74) is -0.335. The summed E-state index contributed by atoms with van der Waals surface area (Å²) in [6.07, 6.45) is 0. The molecule has 0 radical (unpaired) electrons. The molecule has 0 saturated carbocycles. The van der Waals surface area contributed by atoms with Crippen LogP contribution in [0.25, 0.3) is 0 Å². The van der Waals surface area contributed by atoms with Gasteiger partial charge in [0.1, 0.15) is 7.85 Å². The summed E-state index contributed by atoms with van der Waals surface area (Å²) >= 11 is 0. The Morgan fingerprint density at radius 1 is 1.78 bits per heavy atom. The number of rotatable bonds is 1. The van der Waals surface area contributed by atoms with Crippen molar-refractivity contribution < 1.29 is 9.84 Å². The number of morpholine rings is 1. The van der Waals surface area contributed by atoms with Gasteiger partial charge in [-0.25, -0.2) is 0 Å². The topological polar surface area (TPSA) is 41.5 Å². The van der Waals surface area contributed by atoms with Crippen molar-refractivity contribution in [3.63, 3.8) is 0 Å². The Bertz CT molecular complexity index is 93.0. The third-order valence-electron chi connectivity index (χ3n) is 1.56. The molecule has 1 saturated heterocycles. The van der Waals surface area contributed by atoms with Crippen LogP contribution in [0.15, 0.2) is 0 Å². The van der Waals surface area contributed by atoms with E-state index in [2.05, 4.69) is 5.32 Å². The lowest BCUT2D eigenvalue weighted by molar-refractivity contribution is -0.0383. The fourth-order valence-corrected chi connectivity index (χ4v) is 0.875. The van der Waals surface area contributed by atoms with Crippen LogP contribution in [0, 0.1) is 0 Å². The molecule has 0 bridgehead atoms. The number of hydrogen-bond donors (Lipinski definition) is 2. The minimum atomic E-state index is -0.335. The van der Waals surface area contributed by atoms with Gasteiger partial charge >= 0.3 is 0 Å². The molecule has 0 aromatic heterocycles. The predicted octanol–water partition coefficient (Wildman–Crippen LogP) is -2.07. The van der Waals surface area contributed by atoms with Crippen LogP contribution in [0.1, 0.15) is 0 Å². The molecule has 1 unspecified atom stereocenters. The van der Waals surface area contributed by atoms with Gasteiger partial charge in [-0.2, -0.15) is 0 Å². The Balaban J connectivity index is 2.37. The second-order valence-corrected chi connectivity index (χ2v) is 2.63. The van der Waals surface area contributed by atoms with Crippen molar-refractivity contribution in [1.29, 1.82) is 0 Å². The summed E-state index contributed by atoms with van der Waals surface area (Å²) in [5, 5.41) is 11.9. The lowest BCUT2D eigenvalue weighted by Crippen LogP contribution is -2.52. The minimum absolute atomic E-state index is 0.0972. The van der Waals surface area contributed by atoms with Crippen LogP contribution in [0.3, 0.4) is 0 Å². The first-order valence-electron chi connectivity index (χ1n) is 3.22. The van der Waals surface area contributed by atoms with Crippen LogP contribution < -0.4 is 5.32 Å². The maximum Gasteiger partial charge on any atom is 0.148 e. The summed E-state index contributed by atoms with van der Waals surface area (Å²) in [5.74, 6) is 0. The highest BCUT2D eigenvalue weighted by Gasteiger charge is 2.25. The zero-order valence-corrected chi connectivity index (χ0v) is 5.68. The number of nitrogens with one attached hydrogen (secondary N) is 1. The third-order valence-corrected chi connectivity index (χ3v) is 1.56. The fraction of sp³-hybridized carbons (Fsp3) is 1.00.